The molecule has 0 aliphatic carbocycles. The Labute approximate surface area is 166 Å². The summed E-state index contributed by atoms with van der Waals surface area (Å²) in [7, 11) is -3.37. The Balaban J connectivity index is 1.96. The summed E-state index contributed by atoms with van der Waals surface area (Å²) in [4.78, 5) is 3.84. The molecule has 1 unspecified atom stereocenters. The third kappa shape index (κ3) is 3.52. The number of sulfone groups is 1. The summed E-state index contributed by atoms with van der Waals surface area (Å²) in [6, 6.07) is 1.06. The highest BCUT2D eigenvalue weighted by Crippen LogP contribution is 2.42. The first-order chi connectivity index (χ1) is 13.1. The Morgan fingerprint density at radius 2 is 1.90 bits per heavy atom. The maximum Gasteiger partial charge on any atom is 0.424 e. The predicted octanol–water partition coefficient (Wildman–Crippen LogP) is 2.29. The maximum absolute atomic E-state index is 13.3. The molecule has 3 heterocycles. The summed E-state index contributed by atoms with van der Waals surface area (Å²) in [5.74, 6) is -0.344. The van der Waals surface area contributed by atoms with Gasteiger partial charge >= 0.3 is 6.18 Å². The Kier molecular flexibility index (Phi) is 4.82. The van der Waals surface area contributed by atoms with Gasteiger partial charge in [0.15, 0.2) is 15.7 Å². The zero-order valence-electron chi connectivity index (χ0n) is 16.6. The molecule has 1 aliphatic heterocycles. The second-order valence-corrected chi connectivity index (χ2v) is 10.8. The minimum absolute atomic E-state index is 0.134. The Bertz CT molecular complexity index is 1040. The van der Waals surface area contributed by atoms with E-state index in [0.29, 0.717) is 18.3 Å². The molecule has 3 rings (SSSR count). The predicted molar refractivity (Wildman–Crippen MR) is 98.2 cm³/mol. The van der Waals surface area contributed by atoms with Crippen LogP contribution in [0.3, 0.4) is 0 Å². The van der Waals surface area contributed by atoms with Gasteiger partial charge in [0, 0.05) is 12.3 Å². The van der Waals surface area contributed by atoms with Crippen LogP contribution in [0.4, 0.5) is 13.2 Å². The largest absolute Gasteiger partial charge is 0.475 e. The minimum Gasteiger partial charge on any atom is -0.475 e. The zero-order chi connectivity index (χ0) is 22.0. The summed E-state index contributed by atoms with van der Waals surface area (Å²) >= 11 is 0. The molecule has 0 spiro atoms. The summed E-state index contributed by atoms with van der Waals surface area (Å²) in [5, 5.41) is 14.4. The van der Waals surface area contributed by atoms with Gasteiger partial charge in [-0.2, -0.15) is 13.2 Å². The van der Waals surface area contributed by atoms with Gasteiger partial charge < -0.3 is 14.4 Å². The van der Waals surface area contributed by atoms with E-state index < -0.39 is 38.2 Å². The van der Waals surface area contributed by atoms with Gasteiger partial charge in [0.05, 0.1) is 30.2 Å². The number of aromatic nitrogens is 4. The van der Waals surface area contributed by atoms with Crippen molar-refractivity contribution in [2.24, 2.45) is 0 Å². The molecule has 0 amide bonds. The SMILES string of the molecule is C[C@H]1Cn2nc(OCC(C)(C)S(C)(=O)=O)cc2-c2cnc(C(C)(O)C(F)(F)F)n21. The summed E-state index contributed by atoms with van der Waals surface area (Å²) in [6.45, 7) is 5.52. The number of fused-ring (bicyclic) bond motifs is 3. The van der Waals surface area contributed by atoms with Crippen LogP contribution in [-0.2, 0) is 22.0 Å². The standard InChI is InChI=1S/C17H23F3N4O4S/c1-10-8-23-11(6-13(22-23)28-9-15(2,3)29(5,26)27)12-7-21-14(24(10)12)16(4,25)17(18,19)20/h6-7,10,25H,8-9H2,1-5H3/t10-,16?/m0/s1. The van der Waals surface area contributed by atoms with Crippen molar-refractivity contribution in [1.29, 1.82) is 0 Å². The second-order valence-electron chi connectivity index (χ2n) is 8.13. The van der Waals surface area contributed by atoms with E-state index in [0.717, 1.165) is 6.26 Å². The number of alkyl halides is 3. The monoisotopic (exact) mass is 436 g/mol. The van der Waals surface area contributed by atoms with Crippen molar-refractivity contribution in [1.82, 2.24) is 19.3 Å². The van der Waals surface area contributed by atoms with E-state index in [-0.39, 0.29) is 19.0 Å². The topological polar surface area (TPSA) is 99.2 Å². The molecule has 2 aromatic rings. The van der Waals surface area contributed by atoms with Gasteiger partial charge in [-0.1, -0.05) is 0 Å². The molecular formula is C17H23F3N4O4S. The van der Waals surface area contributed by atoms with Gasteiger partial charge in [0.1, 0.15) is 11.4 Å². The van der Waals surface area contributed by atoms with Crippen LogP contribution in [0.1, 0.15) is 39.6 Å². The molecule has 0 saturated carbocycles. The lowest BCUT2D eigenvalue weighted by Crippen LogP contribution is -2.42. The van der Waals surface area contributed by atoms with E-state index in [1.165, 1.54) is 30.7 Å². The van der Waals surface area contributed by atoms with E-state index in [9.17, 15) is 26.7 Å². The number of ether oxygens (including phenoxy) is 1. The number of rotatable bonds is 5. The molecule has 0 fully saturated rings. The summed E-state index contributed by atoms with van der Waals surface area (Å²) in [6.07, 6.45) is -2.52. The molecule has 0 radical (unpaired) electrons. The molecule has 29 heavy (non-hydrogen) atoms. The average Bonchev–Trinajstić information content (AvgIpc) is 3.14. The second kappa shape index (κ2) is 6.46. The quantitative estimate of drug-likeness (QED) is 0.772. The highest BCUT2D eigenvalue weighted by molar-refractivity contribution is 7.92. The van der Waals surface area contributed by atoms with Gasteiger partial charge in [-0.05, 0) is 27.7 Å². The molecule has 0 bridgehead atoms. The number of nitrogens with zero attached hydrogens (tertiary/aromatic N) is 4. The zero-order valence-corrected chi connectivity index (χ0v) is 17.5. The number of imidazole rings is 1. The first-order valence-corrected chi connectivity index (χ1v) is 10.7. The van der Waals surface area contributed by atoms with Crippen LogP contribution >= 0.6 is 0 Å². The van der Waals surface area contributed by atoms with Crippen molar-refractivity contribution in [2.45, 2.75) is 56.8 Å². The first kappa shape index (κ1) is 21.6. The third-order valence-corrected chi connectivity index (χ3v) is 7.38. The van der Waals surface area contributed by atoms with Gasteiger partial charge in [-0.25, -0.2) is 13.4 Å². The molecule has 0 aromatic carbocycles. The molecule has 2 aromatic heterocycles. The number of halogens is 3. The molecule has 162 valence electrons. The van der Waals surface area contributed by atoms with Gasteiger partial charge in [-0.15, -0.1) is 5.10 Å². The molecule has 12 heteroatoms. The molecular weight excluding hydrogens is 413 g/mol. The first-order valence-electron chi connectivity index (χ1n) is 8.83. The minimum atomic E-state index is -4.89. The van der Waals surface area contributed by atoms with Crippen LogP contribution in [0.15, 0.2) is 12.3 Å². The van der Waals surface area contributed by atoms with Crippen LogP contribution in [0.2, 0.25) is 0 Å². The number of aliphatic hydroxyl groups is 1. The number of hydrogen-bond acceptors (Lipinski definition) is 6. The van der Waals surface area contributed by atoms with E-state index in [2.05, 4.69) is 10.1 Å². The molecule has 2 atom stereocenters. The van der Waals surface area contributed by atoms with Crippen molar-refractivity contribution < 1.29 is 31.4 Å². The van der Waals surface area contributed by atoms with Crippen molar-refractivity contribution in [3.8, 4) is 17.3 Å². The van der Waals surface area contributed by atoms with E-state index in [4.69, 9.17) is 4.74 Å². The van der Waals surface area contributed by atoms with E-state index in [1.807, 2.05) is 0 Å². The van der Waals surface area contributed by atoms with Crippen molar-refractivity contribution in [2.75, 3.05) is 12.9 Å². The summed E-state index contributed by atoms with van der Waals surface area (Å²) < 4.78 is 70.9. The van der Waals surface area contributed by atoms with Crippen LogP contribution in [0.25, 0.3) is 11.4 Å². The normalized spacial score (nSPS) is 19.4. The highest BCUT2D eigenvalue weighted by Gasteiger charge is 2.55. The Morgan fingerprint density at radius 3 is 2.45 bits per heavy atom. The molecule has 8 nitrogen and oxygen atoms in total. The molecule has 1 N–H and O–H groups in total. The van der Waals surface area contributed by atoms with Crippen LogP contribution < -0.4 is 4.74 Å². The fourth-order valence-corrected chi connectivity index (χ4v) is 3.25. The van der Waals surface area contributed by atoms with Crippen molar-refractivity contribution in [3.63, 3.8) is 0 Å². The van der Waals surface area contributed by atoms with Crippen LogP contribution in [-0.4, -0.2) is 56.6 Å². The average molecular weight is 436 g/mol. The lowest BCUT2D eigenvalue weighted by molar-refractivity contribution is -0.262. The van der Waals surface area contributed by atoms with Crippen LogP contribution in [0, 0.1) is 0 Å². The van der Waals surface area contributed by atoms with Crippen molar-refractivity contribution in [3.05, 3.63) is 18.1 Å². The highest BCUT2D eigenvalue weighted by atomic mass is 32.2. The van der Waals surface area contributed by atoms with Crippen molar-refractivity contribution >= 4 is 9.84 Å². The lowest BCUT2D eigenvalue weighted by atomic mass is 10.0. The summed E-state index contributed by atoms with van der Waals surface area (Å²) in [5.41, 5.74) is -2.29. The lowest BCUT2D eigenvalue weighted by Gasteiger charge is -2.31. The fraction of sp³-hybridized carbons (Fsp3) is 0.647. The Hall–Kier alpha value is -2.08. The smallest absolute Gasteiger partial charge is 0.424 e. The fourth-order valence-electron chi connectivity index (χ4n) is 2.98. The van der Waals surface area contributed by atoms with Crippen LogP contribution in [0.5, 0.6) is 5.88 Å². The van der Waals surface area contributed by atoms with E-state index in [1.54, 1.807) is 11.6 Å². The third-order valence-electron chi connectivity index (χ3n) is 5.25. The number of hydrogen-bond donors (Lipinski definition) is 1. The molecule has 1 aliphatic rings. The van der Waals surface area contributed by atoms with E-state index >= 15 is 0 Å². The maximum atomic E-state index is 13.3. The Morgan fingerprint density at radius 1 is 1.28 bits per heavy atom. The van der Waals surface area contributed by atoms with Gasteiger partial charge in [0.25, 0.3) is 0 Å². The molecule has 0 saturated heterocycles. The van der Waals surface area contributed by atoms with Gasteiger partial charge in [-0.3, -0.25) is 4.68 Å². The van der Waals surface area contributed by atoms with Gasteiger partial charge in [0.2, 0.25) is 11.5 Å².